The van der Waals surface area contributed by atoms with Gasteiger partial charge in [0.2, 0.25) is 15.9 Å². The van der Waals surface area contributed by atoms with Gasteiger partial charge in [-0.25, -0.2) is 22.7 Å². The summed E-state index contributed by atoms with van der Waals surface area (Å²) in [5, 5.41) is 7.48. The van der Waals surface area contributed by atoms with Gasteiger partial charge in [0.15, 0.2) is 0 Å². The lowest BCUT2D eigenvalue weighted by atomic mass is 9.92. The highest BCUT2D eigenvalue weighted by Gasteiger charge is 2.31. The minimum Gasteiger partial charge on any atom is -0.310 e. The molecule has 1 atom stereocenters. The number of anilines is 1. The minimum absolute atomic E-state index is 0.187. The van der Waals surface area contributed by atoms with E-state index in [-0.39, 0.29) is 17.9 Å². The first-order valence-corrected chi connectivity index (χ1v) is 11.0. The monoisotopic (exact) mass is 406 g/mol. The smallest absolute Gasteiger partial charge is 0.252 e. The van der Waals surface area contributed by atoms with E-state index in [0.29, 0.717) is 31.2 Å². The molecule has 2 aromatic rings. The Balaban J connectivity index is 1.87. The Labute approximate surface area is 165 Å². The first-order chi connectivity index (χ1) is 13.1. The molecule has 0 aliphatic carbocycles. The van der Waals surface area contributed by atoms with Gasteiger partial charge in [0.25, 0.3) is 5.95 Å². The molecule has 28 heavy (non-hydrogen) atoms. The van der Waals surface area contributed by atoms with Crippen LogP contribution in [0.3, 0.4) is 0 Å². The van der Waals surface area contributed by atoms with Crippen molar-refractivity contribution in [2.24, 2.45) is 5.92 Å². The first-order valence-electron chi connectivity index (χ1n) is 9.19. The van der Waals surface area contributed by atoms with E-state index in [2.05, 4.69) is 20.4 Å². The van der Waals surface area contributed by atoms with Crippen molar-refractivity contribution in [3.05, 3.63) is 30.2 Å². The lowest BCUT2D eigenvalue weighted by molar-refractivity contribution is -0.120. The highest BCUT2D eigenvalue weighted by atomic mass is 32.2. The Kier molecular flexibility index (Phi) is 5.53. The predicted octanol–water partition coefficient (Wildman–Crippen LogP) is 1.57. The normalized spacial score (nSPS) is 18.8. The topological polar surface area (TPSA) is 110 Å². The van der Waals surface area contributed by atoms with Gasteiger partial charge in [0.05, 0.1) is 17.9 Å². The third-order valence-electron chi connectivity index (χ3n) is 4.69. The summed E-state index contributed by atoms with van der Waals surface area (Å²) >= 11 is 0. The molecule has 1 aliphatic heterocycles. The van der Waals surface area contributed by atoms with E-state index in [1.165, 1.54) is 15.2 Å². The number of rotatable bonds is 4. The van der Waals surface area contributed by atoms with Gasteiger partial charge in [-0.05, 0) is 18.9 Å². The van der Waals surface area contributed by atoms with E-state index in [4.69, 9.17) is 0 Å². The summed E-state index contributed by atoms with van der Waals surface area (Å²) in [5.41, 5.74) is 0.564. The molecule has 0 radical (unpaired) electrons. The van der Waals surface area contributed by atoms with E-state index in [0.717, 1.165) is 5.69 Å². The van der Waals surface area contributed by atoms with Crippen LogP contribution in [0.1, 0.15) is 39.3 Å². The largest absolute Gasteiger partial charge is 0.310 e. The zero-order valence-electron chi connectivity index (χ0n) is 16.6. The SMILES string of the molecule is CC(C)(C)c1cc(NC(=O)C2CCCN(S(C)(=O)=O)C2)n(-c2ncccn2)n1. The fraction of sp³-hybridized carbons (Fsp3) is 0.556. The zero-order valence-corrected chi connectivity index (χ0v) is 17.4. The Morgan fingerprint density at radius 2 is 1.93 bits per heavy atom. The van der Waals surface area contributed by atoms with Gasteiger partial charge in [-0.3, -0.25) is 4.79 Å². The number of piperidine rings is 1. The van der Waals surface area contributed by atoms with Gasteiger partial charge in [-0.1, -0.05) is 20.8 Å². The van der Waals surface area contributed by atoms with Gasteiger partial charge in [-0.2, -0.15) is 9.78 Å². The highest BCUT2D eigenvalue weighted by molar-refractivity contribution is 7.88. The van der Waals surface area contributed by atoms with Gasteiger partial charge in [0.1, 0.15) is 5.82 Å². The molecular weight excluding hydrogens is 380 g/mol. The van der Waals surface area contributed by atoms with Gasteiger partial charge < -0.3 is 5.32 Å². The number of amides is 1. The maximum absolute atomic E-state index is 12.9. The molecule has 0 aromatic carbocycles. The van der Waals surface area contributed by atoms with Crippen molar-refractivity contribution in [1.29, 1.82) is 0 Å². The Hall–Kier alpha value is -2.33. The average molecular weight is 407 g/mol. The summed E-state index contributed by atoms with van der Waals surface area (Å²) in [6.07, 6.45) is 5.68. The van der Waals surface area contributed by atoms with E-state index < -0.39 is 15.9 Å². The number of hydrogen-bond acceptors (Lipinski definition) is 6. The van der Waals surface area contributed by atoms with Crippen LogP contribution in [-0.2, 0) is 20.2 Å². The fourth-order valence-corrected chi connectivity index (χ4v) is 3.99. The number of nitrogens with one attached hydrogen (secondary N) is 1. The highest BCUT2D eigenvalue weighted by Crippen LogP contribution is 2.26. The quantitative estimate of drug-likeness (QED) is 0.825. The molecule has 0 bridgehead atoms. The van der Waals surface area contributed by atoms with E-state index in [1.54, 1.807) is 18.5 Å². The third kappa shape index (κ3) is 4.56. The van der Waals surface area contributed by atoms with Gasteiger partial charge in [0, 0.05) is 37.0 Å². The molecule has 0 spiro atoms. The molecule has 10 heteroatoms. The summed E-state index contributed by atoms with van der Waals surface area (Å²) in [7, 11) is -3.32. The zero-order chi connectivity index (χ0) is 20.5. The van der Waals surface area contributed by atoms with Crippen LogP contribution in [0.4, 0.5) is 5.82 Å². The number of nitrogens with zero attached hydrogens (tertiary/aromatic N) is 5. The number of hydrogen-bond donors (Lipinski definition) is 1. The number of aromatic nitrogens is 4. The van der Waals surface area contributed by atoms with Crippen molar-refractivity contribution in [3.63, 3.8) is 0 Å². The van der Waals surface area contributed by atoms with Crippen LogP contribution in [0.25, 0.3) is 5.95 Å². The van der Waals surface area contributed by atoms with Crippen molar-refractivity contribution in [3.8, 4) is 5.95 Å². The summed E-state index contributed by atoms with van der Waals surface area (Å²) in [6, 6.07) is 3.52. The van der Waals surface area contributed by atoms with Gasteiger partial charge in [-0.15, -0.1) is 0 Å². The molecule has 0 saturated carbocycles. The molecule has 9 nitrogen and oxygen atoms in total. The van der Waals surface area contributed by atoms with Gasteiger partial charge >= 0.3 is 0 Å². The van der Waals surface area contributed by atoms with Crippen molar-refractivity contribution in [2.75, 3.05) is 24.7 Å². The summed E-state index contributed by atoms with van der Waals surface area (Å²) in [5.74, 6) is 0.180. The lowest BCUT2D eigenvalue weighted by Crippen LogP contribution is -2.43. The molecule has 3 rings (SSSR count). The molecule has 1 unspecified atom stereocenters. The van der Waals surface area contributed by atoms with Crippen molar-refractivity contribution in [2.45, 2.75) is 39.0 Å². The Morgan fingerprint density at radius 1 is 1.25 bits per heavy atom. The third-order valence-corrected chi connectivity index (χ3v) is 5.96. The maximum atomic E-state index is 12.9. The Morgan fingerprint density at radius 3 is 2.54 bits per heavy atom. The molecule has 1 aliphatic rings. The lowest BCUT2D eigenvalue weighted by Gasteiger charge is -2.30. The van der Waals surface area contributed by atoms with Crippen LogP contribution in [0, 0.1) is 5.92 Å². The number of carbonyl (C=O) groups excluding carboxylic acids is 1. The Bertz CT molecular complexity index is 949. The van der Waals surface area contributed by atoms with Crippen molar-refractivity contribution in [1.82, 2.24) is 24.1 Å². The second-order valence-electron chi connectivity index (χ2n) is 8.07. The number of sulfonamides is 1. The molecule has 1 N–H and O–H groups in total. The second-order valence-corrected chi connectivity index (χ2v) is 10.1. The van der Waals surface area contributed by atoms with Crippen LogP contribution < -0.4 is 5.32 Å². The summed E-state index contributed by atoms with van der Waals surface area (Å²) in [4.78, 5) is 21.3. The summed E-state index contributed by atoms with van der Waals surface area (Å²) < 4.78 is 26.5. The second kappa shape index (κ2) is 7.59. The average Bonchev–Trinajstić information content (AvgIpc) is 3.06. The molecule has 1 fully saturated rings. The molecular formula is C18H26N6O3S. The number of carbonyl (C=O) groups is 1. The molecule has 152 valence electrons. The maximum Gasteiger partial charge on any atom is 0.252 e. The van der Waals surface area contributed by atoms with Crippen LogP contribution in [0.5, 0.6) is 0 Å². The van der Waals surface area contributed by atoms with Crippen LogP contribution in [0.2, 0.25) is 0 Å². The van der Waals surface area contributed by atoms with Crippen molar-refractivity contribution < 1.29 is 13.2 Å². The molecule has 2 aromatic heterocycles. The minimum atomic E-state index is -3.32. The van der Waals surface area contributed by atoms with Crippen LogP contribution in [0.15, 0.2) is 24.5 Å². The summed E-state index contributed by atoms with van der Waals surface area (Å²) in [6.45, 7) is 6.73. The van der Waals surface area contributed by atoms with Crippen LogP contribution in [-0.4, -0.2) is 57.7 Å². The molecule has 3 heterocycles. The van der Waals surface area contributed by atoms with E-state index in [1.807, 2.05) is 26.8 Å². The standard InChI is InChI=1S/C18H26N6O3S/c1-18(2,3)14-11-15(24(22-14)17-19-8-6-9-20-17)21-16(25)13-7-5-10-23(12-13)28(4,26)27/h6,8-9,11,13H,5,7,10,12H2,1-4H3,(H,21,25). The predicted molar refractivity (Wildman–Crippen MR) is 106 cm³/mol. The van der Waals surface area contributed by atoms with E-state index in [9.17, 15) is 13.2 Å². The molecule has 1 saturated heterocycles. The first kappa shape index (κ1) is 20.4. The van der Waals surface area contributed by atoms with Crippen LogP contribution >= 0.6 is 0 Å². The molecule has 1 amide bonds. The fourth-order valence-electron chi connectivity index (χ4n) is 3.08. The van der Waals surface area contributed by atoms with Crippen molar-refractivity contribution >= 4 is 21.7 Å². The van der Waals surface area contributed by atoms with E-state index >= 15 is 0 Å².